The second-order valence-corrected chi connectivity index (χ2v) is 9.57. The number of piperidine rings is 1. The first-order valence-corrected chi connectivity index (χ1v) is 12.4. The van der Waals surface area contributed by atoms with Crippen LogP contribution in [0.2, 0.25) is 0 Å². The van der Waals surface area contributed by atoms with Crippen molar-refractivity contribution in [3.05, 3.63) is 66.0 Å². The highest BCUT2D eigenvalue weighted by molar-refractivity contribution is 8.22. The van der Waals surface area contributed by atoms with Crippen LogP contribution in [0.25, 0.3) is 0 Å². The molecule has 1 aliphatic rings. The average Bonchev–Trinajstić information content (AvgIpc) is 2.84. The topological polar surface area (TPSA) is 89.2 Å². The van der Waals surface area contributed by atoms with Crippen LogP contribution in [0.1, 0.15) is 24.2 Å². The van der Waals surface area contributed by atoms with Gasteiger partial charge < -0.3 is 20.7 Å². The third-order valence-electron chi connectivity index (χ3n) is 5.61. The fraction of sp³-hybridized carbons (Fsp3) is 0.333. The van der Waals surface area contributed by atoms with E-state index >= 15 is 0 Å². The Kier molecular flexibility index (Phi) is 7.96. The Morgan fingerprint density at radius 2 is 1.82 bits per heavy atom. The summed E-state index contributed by atoms with van der Waals surface area (Å²) in [6.07, 6.45) is 3.46. The molecule has 2 heterocycles. The van der Waals surface area contributed by atoms with Crippen LogP contribution in [-0.4, -0.2) is 44.4 Å². The molecule has 0 aliphatic carbocycles. The minimum absolute atomic E-state index is 0.184. The Balaban J connectivity index is 1.27. The van der Waals surface area contributed by atoms with Crippen LogP contribution in [-0.2, 0) is 12.2 Å². The van der Waals surface area contributed by atoms with Gasteiger partial charge in [0, 0.05) is 18.8 Å². The summed E-state index contributed by atoms with van der Waals surface area (Å²) in [5, 5.41) is 3.16. The highest BCUT2D eigenvalue weighted by Gasteiger charge is 2.21. The molecule has 172 valence electrons. The number of likely N-dealkylation sites (tertiary alicyclic amines) is 1. The Morgan fingerprint density at radius 1 is 1.09 bits per heavy atom. The second kappa shape index (κ2) is 11.3. The molecule has 7 nitrogen and oxygen atoms in total. The molecule has 1 aliphatic heterocycles. The van der Waals surface area contributed by atoms with Crippen molar-refractivity contribution in [2.45, 2.75) is 25.0 Å². The molecule has 33 heavy (non-hydrogen) atoms. The number of anilines is 3. The van der Waals surface area contributed by atoms with Gasteiger partial charge in [-0.1, -0.05) is 54.3 Å². The van der Waals surface area contributed by atoms with Crippen molar-refractivity contribution in [3.63, 3.8) is 0 Å². The van der Waals surface area contributed by atoms with E-state index in [9.17, 15) is 0 Å². The number of hydrogen-bond donors (Lipinski definition) is 2. The fourth-order valence-corrected chi connectivity index (χ4v) is 4.95. The van der Waals surface area contributed by atoms with Crippen molar-refractivity contribution in [1.29, 1.82) is 0 Å². The van der Waals surface area contributed by atoms with Crippen molar-refractivity contribution in [1.82, 2.24) is 19.9 Å². The molecule has 0 atom stereocenters. The molecule has 3 N–H and O–H groups in total. The summed E-state index contributed by atoms with van der Waals surface area (Å²) >= 11 is 7.27. The average molecular weight is 481 g/mol. The first-order valence-electron chi connectivity index (χ1n) is 11.0. The lowest BCUT2D eigenvalue weighted by molar-refractivity contribution is 0.271. The van der Waals surface area contributed by atoms with Crippen LogP contribution in [0.5, 0.6) is 5.75 Å². The quantitative estimate of drug-likeness (QED) is 0.468. The van der Waals surface area contributed by atoms with Crippen LogP contribution in [0.3, 0.4) is 0 Å². The van der Waals surface area contributed by atoms with Gasteiger partial charge in [-0.25, -0.2) is 0 Å². The maximum absolute atomic E-state index is 5.91. The number of thiocarbonyl (C=S) groups is 1. The zero-order valence-electron chi connectivity index (χ0n) is 18.6. The van der Waals surface area contributed by atoms with Crippen LogP contribution in [0.15, 0.2) is 54.6 Å². The van der Waals surface area contributed by atoms with E-state index in [1.54, 1.807) is 18.9 Å². The number of nitrogens with zero attached hydrogens (tertiary/aromatic N) is 4. The molecule has 3 aromatic rings. The largest absolute Gasteiger partial charge is 0.497 e. The lowest BCUT2D eigenvalue weighted by Crippen LogP contribution is -2.36. The van der Waals surface area contributed by atoms with Crippen LogP contribution >= 0.6 is 24.0 Å². The van der Waals surface area contributed by atoms with E-state index in [2.05, 4.69) is 55.5 Å². The van der Waals surface area contributed by atoms with Gasteiger partial charge in [0.1, 0.15) is 15.9 Å². The molecule has 0 unspecified atom stereocenters. The number of nitrogen functional groups attached to an aromatic ring is 1. The molecule has 0 spiro atoms. The zero-order valence-corrected chi connectivity index (χ0v) is 20.2. The minimum atomic E-state index is 0.184. The van der Waals surface area contributed by atoms with Crippen molar-refractivity contribution >= 4 is 45.9 Å². The predicted octanol–water partition coefficient (Wildman–Crippen LogP) is 4.68. The predicted molar refractivity (Wildman–Crippen MR) is 139 cm³/mol. The number of nitrogens with two attached hydrogens (primary N) is 1. The fourth-order valence-electron chi connectivity index (χ4n) is 3.85. The summed E-state index contributed by atoms with van der Waals surface area (Å²) in [4.78, 5) is 15.3. The van der Waals surface area contributed by atoms with Crippen molar-refractivity contribution in [3.8, 4) is 5.75 Å². The molecule has 1 saturated heterocycles. The second-order valence-electron chi connectivity index (χ2n) is 7.96. The lowest BCUT2D eigenvalue weighted by atomic mass is 9.90. The molecule has 0 radical (unpaired) electrons. The Hall–Kier alpha value is -2.91. The van der Waals surface area contributed by atoms with Gasteiger partial charge in [0.2, 0.25) is 11.9 Å². The Labute approximate surface area is 204 Å². The van der Waals surface area contributed by atoms with Gasteiger partial charge in [-0.05, 0) is 55.0 Å². The van der Waals surface area contributed by atoms with Crippen molar-refractivity contribution in [2.75, 3.05) is 31.2 Å². The number of benzene rings is 2. The smallest absolute Gasteiger partial charge is 0.232 e. The van der Waals surface area contributed by atoms with E-state index in [1.165, 1.54) is 5.56 Å². The zero-order chi connectivity index (χ0) is 23.0. The van der Waals surface area contributed by atoms with Gasteiger partial charge in [0.25, 0.3) is 0 Å². The number of rotatable bonds is 7. The summed E-state index contributed by atoms with van der Waals surface area (Å²) in [5.41, 5.74) is 8.17. The van der Waals surface area contributed by atoms with Gasteiger partial charge in [0.15, 0.2) is 0 Å². The van der Waals surface area contributed by atoms with E-state index < -0.39 is 0 Å². The molecule has 0 amide bonds. The summed E-state index contributed by atoms with van der Waals surface area (Å²) in [6.45, 7) is 1.99. The molecule has 4 rings (SSSR count). The third-order valence-corrected chi connectivity index (χ3v) is 7.13. The Bertz CT molecular complexity index is 1060. The molecule has 0 saturated carbocycles. The van der Waals surface area contributed by atoms with E-state index in [-0.39, 0.29) is 5.95 Å². The maximum atomic E-state index is 5.91. The Morgan fingerprint density at radius 3 is 2.52 bits per heavy atom. The monoisotopic (exact) mass is 480 g/mol. The van der Waals surface area contributed by atoms with Gasteiger partial charge in [0.05, 0.1) is 12.9 Å². The molecular formula is C24H28N6OS2. The molecule has 9 heteroatoms. The summed E-state index contributed by atoms with van der Waals surface area (Å²) < 4.78 is 6.07. The van der Waals surface area contributed by atoms with Crippen LogP contribution < -0.4 is 15.8 Å². The van der Waals surface area contributed by atoms with E-state index in [0.717, 1.165) is 48.1 Å². The molecule has 1 fully saturated rings. The standard InChI is InChI=1S/C24H28N6OS2/c1-31-20-9-7-19(8-10-20)26-23-28-21(27-22(25)29-23)16-33-24(32)30-13-11-18(12-14-30)15-17-5-3-2-4-6-17/h2-10,18H,11-16H2,1H3,(H3,25,26,27,28,29). The molecule has 0 bridgehead atoms. The number of nitrogens with one attached hydrogen (secondary N) is 1. The minimum Gasteiger partial charge on any atom is -0.497 e. The maximum Gasteiger partial charge on any atom is 0.232 e. The lowest BCUT2D eigenvalue weighted by Gasteiger charge is -2.33. The number of aromatic nitrogens is 3. The van der Waals surface area contributed by atoms with E-state index in [0.29, 0.717) is 23.4 Å². The summed E-state index contributed by atoms with van der Waals surface area (Å²) in [6, 6.07) is 18.2. The van der Waals surface area contributed by atoms with E-state index in [4.69, 9.17) is 22.7 Å². The molecular weight excluding hydrogens is 452 g/mol. The summed E-state index contributed by atoms with van der Waals surface area (Å²) in [5.74, 6) is 3.24. The highest BCUT2D eigenvalue weighted by atomic mass is 32.2. The van der Waals surface area contributed by atoms with Crippen LogP contribution in [0.4, 0.5) is 17.6 Å². The first kappa shape index (κ1) is 23.3. The normalized spacial score (nSPS) is 14.2. The molecule has 1 aromatic heterocycles. The number of hydrogen-bond acceptors (Lipinski definition) is 8. The van der Waals surface area contributed by atoms with Crippen LogP contribution in [0, 0.1) is 5.92 Å². The summed E-state index contributed by atoms with van der Waals surface area (Å²) in [7, 11) is 1.64. The number of methoxy groups -OCH3 is 1. The van der Waals surface area contributed by atoms with E-state index in [1.807, 2.05) is 24.3 Å². The van der Waals surface area contributed by atoms with Gasteiger partial charge in [-0.15, -0.1) is 0 Å². The van der Waals surface area contributed by atoms with Crippen molar-refractivity contribution < 1.29 is 4.74 Å². The SMILES string of the molecule is COc1ccc(Nc2nc(N)nc(CSC(=S)N3CCC(Cc4ccccc4)CC3)n2)cc1. The van der Waals surface area contributed by atoms with Gasteiger partial charge in [-0.3, -0.25) is 0 Å². The van der Waals surface area contributed by atoms with Gasteiger partial charge in [-0.2, -0.15) is 15.0 Å². The van der Waals surface area contributed by atoms with Crippen molar-refractivity contribution in [2.24, 2.45) is 5.92 Å². The van der Waals surface area contributed by atoms with Gasteiger partial charge >= 0.3 is 0 Å². The number of ether oxygens (including phenoxy) is 1. The highest BCUT2D eigenvalue weighted by Crippen LogP contribution is 2.25. The third kappa shape index (κ3) is 6.79. The first-order chi connectivity index (χ1) is 16.1. The molecule has 2 aromatic carbocycles. The number of thioether (sulfide) groups is 1.